The lowest BCUT2D eigenvalue weighted by Crippen LogP contribution is -2.48. The number of piperazine rings is 1. The number of aliphatic hydroxyl groups excluding tert-OH is 1. The van der Waals surface area contributed by atoms with Gasteiger partial charge in [0.15, 0.2) is 0 Å². The summed E-state index contributed by atoms with van der Waals surface area (Å²) in [6, 6.07) is 6.04. The highest BCUT2D eigenvalue weighted by Gasteiger charge is 2.19. The molecule has 2 N–H and O–H groups in total. The predicted octanol–water partition coefficient (Wildman–Crippen LogP) is 1.24. The lowest BCUT2D eigenvalue weighted by atomic mass is 10.1. The second-order valence-corrected chi connectivity index (χ2v) is 6.01. The third-order valence-electron chi connectivity index (χ3n) is 4.21. The van der Waals surface area contributed by atoms with Gasteiger partial charge in [-0.1, -0.05) is 18.2 Å². The van der Waals surface area contributed by atoms with E-state index in [2.05, 4.69) is 15.1 Å². The molecule has 1 aliphatic rings. The number of nitrogens with zero attached hydrogens (tertiary/aromatic N) is 2. The van der Waals surface area contributed by atoms with Crippen molar-refractivity contribution in [2.75, 3.05) is 51.2 Å². The Morgan fingerprint density at radius 2 is 1.73 bits per heavy atom. The third kappa shape index (κ3) is 4.80. The van der Waals surface area contributed by atoms with E-state index in [0.29, 0.717) is 6.54 Å². The molecule has 0 spiro atoms. The van der Waals surface area contributed by atoms with Crippen molar-refractivity contribution in [3.8, 4) is 0 Å². The summed E-state index contributed by atoms with van der Waals surface area (Å²) in [5, 5.41) is 11.9. The predicted molar refractivity (Wildman–Crippen MR) is 89.1 cm³/mol. The molecule has 5 heteroatoms. The van der Waals surface area contributed by atoms with Crippen molar-refractivity contribution in [3.63, 3.8) is 0 Å². The second-order valence-electron chi connectivity index (χ2n) is 6.01. The zero-order valence-corrected chi connectivity index (χ0v) is 13.6. The number of nitrogens with one attached hydrogen (secondary N) is 1. The van der Waals surface area contributed by atoms with E-state index in [0.717, 1.165) is 56.0 Å². The van der Waals surface area contributed by atoms with E-state index in [1.54, 1.807) is 0 Å². The normalized spacial score (nSPS) is 16.7. The van der Waals surface area contributed by atoms with Crippen molar-refractivity contribution in [2.24, 2.45) is 0 Å². The Morgan fingerprint density at radius 1 is 1.14 bits per heavy atom. The van der Waals surface area contributed by atoms with Gasteiger partial charge in [0.2, 0.25) is 5.91 Å². The molecule has 0 radical (unpaired) electrons. The minimum absolute atomic E-state index is 0.0567. The van der Waals surface area contributed by atoms with Crippen LogP contribution in [-0.4, -0.2) is 66.7 Å². The molecule has 1 aromatic rings. The summed E-state index contributed by atoms with van der Waals surface area (Å²) in [6.45, 7) is 9.43. The summed E-state index contributed by atoms with van der Waals surface area (Å²) >= 11 is 0. The van der Waals surface area contributed by atoms with Gasteiger partial charge in [-0.05, 0) is 31.4 Å². The van der Waals surface area contributed by atoms with Gasteiger partial charge in [-0.2, -0.15) is 0 Å². The number of amides is 1. The number of hydrogen-bond donors (Lipinski definition) is 2. The van der Waals surface area contributed by atoms with Crippen molar-refractivity contribution in [1.82, 2.24) is 9.80 Å². The number of benzene rings is 1. The highest BCUT2D eigenvalue weighted by Crippen LogP contribution is 2.19. The molecular formula is C17H27N3O2. The summed E-state index contributed by atoms with van der Waals surface area (Å²) in [5.74, 6) is 0.0567. The van der Waals surface area contributed by atoms with E-state index >= 15 is 0 Å². The molecule has 0 aliphatic carbocycles. The van der Waals surface area contributed by atoms with Gasteiger partial charge in [0.25, 0.3) is 0 Å². The molecule has 1 amide bonds. The summed E-state index contributed by atoms with van der Waals surface area (Å²) in [5.41, 5.74) is 3.14. The van der Waals surface area contributed by atoms with Crippen molar-refractivity contribution >= 4 is 11.6 Å². The number of aryl methyl sites for hydroxylation is 2. The molecule has 0 bridgehead atoms. The molecule has 0 aromatic heterocycles. The fourth-order valence-electron chi connectivity index (χ4n) is 2.86. The van der Waals surface area contributed by atoms with Crippen molar-refractivity contribution < 1.29 is 9.90 Å². The largest absolute Gasteiger partial charge is 0.396 e. The fourth-order valence-corrected chi connectivity index (χ4v) is 2.86. The highest BCUT2D eigenvalue weighted by molar-refractivity contribution is 5.93. The molecule has 1 heterocycles. The Morgan fingerprint density at radius 3 is 2.32 bits per heavy atom. The lowest BCUT2D eigenvalue weighted by molar-refractivity contribution is -0.117. The fraction of sp³-hybridized carbons (Fsp3) is 0.588. The molecule has 0 saturated carbocycles. The minimum Gasteiger partial charge on any atom is -0.396 e. The zero-order chi connectivity index (χ0) is 15.9. The number of para-hydroxylation sites is 1. The zero-order valence-electron chi connectivity index (χ0n) is 13.6. The minimum atomic E-state index is 0.0567. The Hall–Kier alpha value is -1.43. The molecule has 0 atom stereocenters. The maximum atomic E-state index is 12.2. The van der Waals surface area contributed by atoms with E-state index in [1.165, 1.54) is 0 Å². The van der Waals surface area contributed by atoms with Gasteiger partial charge in [-0.15, -0.1) is 0 Å². The van der Waals surface area contributed by atoms with Crippen molar-refractivity contribution in [3.05, 3.63) is 29.3 Å². The van der Waals surface area contributed by atoms with Crippen LogP contribution in [0.15, 0.2) is 18.2 Å². The molecule has 122 valence electrons. The van der Waals surface area contributed by atoms with Gasteiger partial charge in [0, 0.05) is 45.0 Å². The van der Waals surface area contributed by atoms with Gasteiger partial charge in [0.05, 0.1) is 6.54 Å². The Bertz CT molecular complexity index is 476. The SMILES string of the molecule is Cc1cccc(C)c1NC(=O)CN1CCN(CCCO)CC1. The maximum Gasteiger partial charge on any atom is 0.238 e. The number of anilines is 1. The van der Waals surface area contributed by atoms with E-state index < -0.39 is 0 Å². The van der Waals surface area contributed by atoms with Crippen LogP contribution in [0.1, 0.15) is 17.5 Å². The van der Waals surface area contributed by atoms with E-state index in [1.807, 2.05) is 32.0 Å². The lowest BCUT2D eigenvalue weighted by Gasteiger charge is -2.34. The number of hydrogen-bond acceptors (Lipinski definition) is 4. The van der Waals surface area contributed by atoms with E-state index in [-0.39, 0.29) is 12.5 Å². The molecule has 0 unspecified atom stereocenters. The van der Waals surface area contributed by atoms with Gasteiger partial charge < -0.3 is 15.3 Å². The van der Waals surface area contributed by atoms with Crippen LogP contribution < -0.4 is 5.32 Å². The average molecular weight is 305 g/mol. The summed E-state index contributed by atoms with van der Waals surface area (Å²) in [4.78, 5) is 16.8. The molecule has 1 saturated heterocycles. The van der Waals surface area contributed by atoms with Crippen LogP contribution >= 0.6 is 0 Å². The average Bonchev–Trinajstić information content (AvgIpc) is 2.50. The first-order valence-corrected chi connectivity index (χ1v) is 8.02. The first-order valence-electron chi connectivity index (χ1n) is 8.02. The van der Waals surface area contributed by atoms with Gasteiger partial charge >= 0.3 is 0 Å². The Labute approximate surface area is 132 Å². The van der Waals surface area contributed by atoms with E-state index in [4.69, 9.17) is 5.11 Å². The van der Waals surface area contributed by atoms with Crippen LogP contribution in [0.4, 0.5) is 5.69 Å². The quantitative estimate of drug-likeness (QED) is 0.830. The van der Waals surface area contributed by atoms with Crippen LogP contribution in [0.5, 0.6) is 0 Å². The number of carbonyl (C=O) groups is 1. The number of carbonyl (C=O) groups excluding carboxylic acids is 1. The number of aliphatic hydroxyl groups is 1. The van der Waals surface area contributed by atoms with E-state index in [9.17, 15) is 4.79 Å². The smallest absolute Gasteiger partial charge is 0.238 e. The number of rotatable bonds is 6. The van der Waals surface area contributed by atoms with Crippen molar-refractivity contribution in [2.45, 2.75) is 20.3 Å². The maximum absolute atomic E-state index is 12.2. The highest BCUT2D eigenvalue weighted by atomic mass is 16.3. The molecule has 2 rings (SSSR count). The third-order valence-corrected chi connectivity index (χ3v) is 4.21. The summed E-state index contributed by atoms with van der Waals surface area (Å²) in [7, 11) is 0. The molecule has 1 fully saturated rings. The molecule has 1 aliphatic heterocycles. The van der Waals surface area contributed by atoms with Crippen LogP contribution in [0.3, 0.4) is 0 Å². The first kappa shape index (κ1) is 16.9. The monoisotopic (exact) mass is 305 g/mol. The second kappa shape index (κ2) is 8.27. The van der Waals surface area contributed by atoms with Gasteiger partial charge in [0.1, 0.15) is 0 Å². The summed E-state index contributed by atoms with van der Waals surface area (Å²) in [6.07, 6.45) is 0.826. The van der Waals surface area contributed by atoms with Gasteiger partial charge in [-0.25, -0.2) is 0 Å². The van der Waals surface area contributed by atoms with Crippen LogP contribution in [0.25, 0.3) is 0 Å². The molecule has 22 heavy (non-hydrogen) atoms. The first-order chi connectivity index (χ1) is 10.6. The topological polar surface area (TPSA) is 55.8 Å². The van der Waals surface area contributed by atoms with Crippen LogP contribution in [-0.2, 0) is 4.79 Å². The van der Waals surface area contributed by atoms with Gasteiger partial charge in [-0.3, -0.25) is 9.69 Å². The van der Waals surface area contributed by atoms with Crippen LogP contribution in [0, 0.1) is 13.8 Å². The molecule has 5 nitrogen and oxygen atoms in total. The standard InChI is InChI=1S/C17H27N3O2/c1-14-5-3-6-15(2)17(14)18-16(22)13-20-10-8-19(9-11-20)7-4-12-21/h3,5-6,21H,4,7-13H2,1-2H3,(H,18,22). The Balaban J connectivity index is 1.79. The van der Waals surface area contributed by atoms with Crippen molar-refractivity contribution in [1.29, 1.82) is 0 Å². The molecular weight excluding hydrogens is 278 g/mol. The Kier molecular flexibility index (Phi) is 6.36. The van der Waals surface area contributed by atoms with Crippen LogP contribution in [0.2, 0.25) is 0 Å². The summed E-state index contributed by atoms with van der Waals surface area (Å²) < 4.78 is 0. The molecule has 1 aromatic carbocycles.